The molecule has 1 N–H and O–H groups in total. The number of hydrogen-bond donors (Lipinski definition) is 1. The van der Waals surface area contributed by atoms with Crippen LogP contribution < -0.4 is 0 Å². The Kier molecular flexibility index (Phi) is 1.57. The molecule has 0 bridgehead atoms. The second kappa shape index (κ2) is 2.59. The summed E-state index contributed by atoms with van der Waals surface area (Å²) in [6, 6.07) is 0. The predicted molar refractivity (Wildman–Crippen MR) is 48.0 cm³/mol. The molecule has 2 aromatic rings. The number of nitrogens with zero attached hydrogens (tertiary/aromatic N) is 2. The standard InChI is InChI=1S/C9H11N3/c1-6(2)9-7-3-10-4-8(7)11-5-12-9/h3-6,10H,1-2H3. The fraction of sp³-hybridized carbons (Fsp3) is 0.333. The number of hydrogen-bond acceptors (Lipinski definition) is 2. The van der Waals surface area contributed by atoms with E-state index < -0.39 is 0 Å². The van der Waals surface area contributed by atoms with E-state index in [2.05, 4.69) is 28.8 Å². The molecule has 0 atom stereocenters. The number of nitrogens with one attached hydrogen (secondary N) is 1. The van der Waals surface area contributed by atoms with Crippen molar-refractivity contribution in [2.24, 2.45) is 0 Å². The van der Waals surface area contributed by atoms with E-state index in [1.165, 1.54) is 0 Å². The van der Waals surface area contributed by atoms with Gasteiger partial charge in [0.15, 0.2) is 0 Å². The van der Waals surface area contributed by atoms with Gasteiger partial charge >= 0.3 is 0 Å². The van der Waals surface area contributed by atoms with Crippen LogP contribution in [0.25, 0.3) is 10.9 Å². The summed E-state index contributed by atoms with van der Waals surface area (Å²) in [4.78, 5) is 11.4. The third-order valence-electron chi connectivity index (χ3n) is 1.94. The van der Waals surface area contributed by atoms with Crippen molar-refractivity contribution < 1.29 is 0 Å². The van der Waals surface area contributed by atoms with Crippen molar-refractivity contribution in [2.75, 3.05) is 0 Å². The Morgan fingerprint density at radius 3 is 2.83 bits per heavy atom. The Hall–Kier alpha value is -1.38. The Bertz CT molecular complexity index is 389. The van der Waals surface area contributed by atoms with Gasteiger partial charge in [0.2, 0.25) is 0 Å². The van der Waals surface area contributed by atoms with E-state index >= 15 is 0 Å². The van der Waals surface area contributed by atoms with Crippen molar-refractivity contribution in [3.8, 4) is 0 Å². The predicted octanol–water partition coefficient (Wildman–Crippen LogP) is 2.08. The molecule has 0 spiro atoms. The third-order valence-corrected chi connectivity index (χ3v) is 1.94. The lowest BCUT2D eigenvalue weighted by Crippen LogP contribution is -1.93. The van der Waals surface area contributed by atoms with Gasteiger partial charge in [-0.05, 0) is 5.92 Å². The van der Waals surface area contributed by atoms with Crippen LogP contribution in [-0.4, -0.2) is 15.0 Å². The van der Waals surface area contributed by atoms with E-state index in [9.17, 15) is 0 Å². The highest BCUT2D eigenvalue weighted by Gasteiger charge is 2.06. The SMILES string of the molecule is CC(C)c1ncnc2c[nH]cc12. The quantitative estimate of drug-likeness (QED) is 0.695. The molecule has 3 nitrogen and oxygen atoms in total. The molecule has 0 aliphatic heterocycles. The molecule has 2 aromatic heterocycles. The van der Waals surface area contributed by atoms with Gasteiger partial charge in [-0.2, -0.15) is 0 Å². The van der Waals surface area contributed by atoms with Gasteiger partial charge in [0, 0.05) is 17.8 Å². The average molecular weight is 161 g/mol. The molecule has 3 heteroatoms. The fourth-order valence-corrected chi connectivity index (χ4v) is 1.35. The van der Waals surface area contributed by atoms with Crippen molar-refractivity contribution in [3.05, 3.63) is 24.4 Å². The number of fused-ring (bicyclic) bond motifs is 1. The first-order valence-corrected chi connectivity index (χ1v) is 4.06. The van der Waals surface area contributed by atoms with Gasteiger partial charge in [-0.15, -0.1) is 0 Å². The third kappa shape index (κ3) is 0.978. The summed E-state index contributed by atoms with van der Waals surface area (Å²) >= 11 is 0. The van der Waals surface area contributed by atoms with E-state index in [1.807, 2.05) is 12.4 Å². The summed E-state index contributed by atoms with van der Waals surface area (Å²) in [7, 11) is 0. The van der Waals surface area contributed by atoms with Gasteiger partial charge in [0.1, 0.15) is 6.33 Å². The van der Waals surface area contributed by atoms with Gasteiger partial charge < -0.3 is 4.98 Å². The van der Waals surface area contributed by atoms with Crippen LogP contribution in [0.4, 0.5) is 0 Å². The molecule has 0 aliphatic rings. The normalized spacial score (nSPS) is 11.2. The van der Waals surface area contributed by atoms with Gasteiger partial charge in [-0.25, -0.2) is 9.97 Å². The lowest BCUT2D eigenvalue weighted by atomic mass is 10.1. The Balaban J connectivity index is 2.73. The Morgan fingerprint density at radius 1 is 1.25 bits per heavy atom. The first kappa shape index (κ1) is 7.28. The van der Waals surface area contributed by atoms with E-state index in [0.717, 1.165) is 16.6 Å². The first-order chi connectivity index (χ1) is 5.79. The first-order valence-electron chi connectivity index (χ1n) is 4.06. The summed E-state index contributed by atoms with van der Waals surface area (Å²) in [5.74, 6) is 0.450. The maximum absolute atomic E-state index is 4.25. The van der Waals surface area contributed by atoms with E-state index in [4.69, 9.17) is 0 Å². The van der Waals surface area contributed by atoms with Crippen LogP contribution in [-0.2, 0) is 0 Å². The molecule has 0 aliphatic carbocycles. The van der Waals surface area contributed by atoms with Gasteiger partial charge in [-0.1, -0.05) is 13.8 Å². The van der Waals surface area contributed by atoms with Crippen LogP contribution in [0, 0.1) is 0 Å². The summed E-state index contributed by atoms with van der Waals surface area (Å²) in [5, 5.41) is 1.13. The second-order valence-electron chi connectivity index (χ2n) is 3.17. The van der Waals surface area contributed by atoms with Crippen molar-refractivity contribution >= 4 is 10.9 Å². The monoisotopic (exact) mass is 161 g/mol. The Morgan fingerprint density at radius 2 is 2.08 bits per heavy atom. The lowest BCUT2D eigenvalue weighted by Gasteiger charge is -2.03. The topological polar surface area (TPSA) is 41.6 Å². The van der Waals surface area contributed by atoms with Crippen LogP contribution in [0.3, 0.4) is 0 Å². The second-order valence-corrected chi connectivity index (χ2v) is 3.17. The molecule has 0 radical (unpaired) electrons. The van der Waals surface area contributed by atoms with Crippen LogP contribution in [0.15, 0.2) is 18.7 Å². The molecular weight excluding hydrogens is 150 g/mol. The van der Waals surface area contributed by atoms with Crippen LogP contribution in [0.2, 0.25) is 0 Å². The summed E-state index contributed by atoms with van der Waals surface area (Å²) in [5.41, 5.74) is 2.11. The van der Waals surface area contributed by atoms with Crippen molar-refractivity contribution in [1.29, 1.82) is 0 Å². The van der Waals surface area contributed by atoms with Gasteiger partial charge in [0.25, 0.3) is 0 Å². The van der Waals surface area contributed by atoms with Crippen molar-refractivity contribution in [1.82, 2.24) is 15.0 Å². The minimum absolute atomic E-state index is 0.450. The van der Waals surface area contributed by atoms with E-state index in [0.29, 0.717) is 5.92 Å². The highest BCUT2D eigenvalue weighted by atomic mass is 14.9. The van der Waals surface area contributed by atoms with Crippen LogP contribution in [0.5, 0.6) is 0 Å². The molecule has 0 fully saturated rings. The largest absolute Gasteiger partial charge is 0.365 e. The highest BCUT2D eigenvalue weighted by Crippen LogP contribution is 2.20. The molecular formula is C9H11N3. The van der Waals surface area contributed by atoms with Crippen LogP contribution >= 0.6 is 0 Å². The smallest absolute Gasteiger partial charge is 0.116 e. The van der Waals surface area contributed by atoms with E-state index in [-0.39, 0.29) is 0 Å². The summed E-state index contributed by atoms with van der Waals surface area (Å²) in [6.45, 7) is 4.27. The minimum atomic E-state index is 0.450. The number of rotatable bonds is 1. The van der Waals surface area contributed by atoms with Crippen LogP contribution in [0.1, 0.15) is 25.5 Å². The lowest BCUT2D eigenvalue weighted by molar-refractivity contribution is 0.829. The minimum Gasteiger partial charge on any atom is -0.365 e. The zero-order valence-corrected chi connectivity index (χ0v) is 7.20. The molecule has 0 unspecified atom stereocenters. The molecule has 62 valence electrons. The summed E-state index contributed by atoms with van der Waals surface area (Å²) < 4.78 is 0. The molecule has 0 aromatic carbocycles. The molecule has 0 saturated carbocycles. The number of aromatic amines is 1. The van der Waals surface area contributed by atoms with Crippen molar-refractivity contribution in [3.63, 3.8) is 0 Å². The molecule has 0 saturated heterocycles. The summed E-state index contributed by atoms with van der Waals surface area (Å²) in [6.07, 6.45) is 5.46. The van der Waals surface area contributed by atoms with Gasteiger partial charge in [-0.3, -0.25) is 0 Å². The Labute approximate surface area is 70.9 Å². The molecule has 0 amide bonds. The fourth-order valence-electron chi connectivity index (χ4n) is 1.35. The number of aromatic nitrogens is 3. The zero-order valence-electron chi connectivity index (χ0n) is 7.20. The molecule has 12 heavy (non-hydrogen) atoms. The maximum Gasteiger partial charge on any atom is 0.116 e. The highest BCUT2D eigenvalue weighted by molar-refractivity contribution is 5.80. The maximum atomic E-state index is 4.25. The zero-order chi connectivity index (χ0) is 8.55. The van der Waals surface area contributed by atoms with Crippen molar-refractivity contribution in [2.45, 2.75) is 19.8 Å². The molecule has 2 heterocycles. The number of H-pyrrole nitrogens is 1. The van der Waals surface area contributed by atoms with Gasteiger partial charge in [0.05, 0.1) is 11.2 Å². The molecule has 2 rings (SSSR count). The average Bonchev–Trinajstić information content (AvgIpc) is 2.49. The van der Waals surface area contributed by atoms with E-state index in [1.54, 1.807) is 6.33 Å².